The lowest BCUT2D eigenvalue weighted by atomic mass is 9.98. The van der Waals surface area contributed by atoms with Crippen LogP contribution in [0.4, 0.5) is 0 Å². The summed E-state index contributed by atoms with van der Waals surface area (Å²) in [5.41, 5.74) is 5.45. The Balaban J connectivity index is 1.62. The molecule has 0 spiro atoms. The number of carbonyl (C=O) groups is 1. The van der Waals surface area contributed by atoms with E-state index < -0.39 is 0 Å². The van der Waals surface area contributed by atoms with Gasteiger partial charge in [0.2, 0.25) is 0 Å². The molecule has 0 saturated carbocycles. The van der Waals surface area contributed by atoms with Gasteiger partial charge in [-0.05, 0) is 36.6 Å². The highest BCUT2D eigenvalue weighted by atomic mass is 16.3. The summed E-state index contributed by atoms with van der Waals surface area (Å²) in [7, 11) is 0. The molecule has 134 valence electrons. The van der Waals surface area contributed by atoms with Gasteiger partial charge in [0.15, 0.2) is 0 Å². The standard InChI is InChI=1S/C22H19N3O2/c26-22(25-8-3-4-9-25)18-6-2-1-5-17(18)16-11-19-20(15-7-10-27-14-15)13-24-21(19)23-12-16/h1-2,5-7,10-14H,3-4,8-9H2,(H,23,24). The van der Waals surface area contributed by atoms with Gasteiger partial charge in [0, 0.05) is 53.1 Å². The number of nitrogens with one attached hydrogen (secondary N) is 1. The minimum Gasteiger partial charge on any atom is -0.472 e. The number of likely N-dealkylation sites (tertiary alicyclic amines) is 1. The fourth-order valence-electron chi connectivity index (χ4n) is 3.82. The zero-order valence-corrected chi connectivity index (χ0v) is 14.8. The molecule has 1 amide bonds. The Bertz CT molecular complexity index is 1110. The first kappa shape index (κ1) is 15.9. The normalized spacial score (nSPS) is 14.1. The maximum absolute atomic E-state index is 13.0. The van der Waals surface area contributed by atoms with Crippen LogP contribution in [-0.2, 0) is 0 Å². The van der Waals surface area contributed by atoms with E-state index in [2.05, 4.69) is 16.0 Å². The van der Waals surface area contributed by atoms with Crippen molar-refractivity contribution >= 4 is 16.9 Å². The number of aromatic amines is 1. The maximum Gasteiger partial charge on any atom is 0.254 e. The fourth-order valence-corrected chi connectivity index (χ4v) is 3.82. The van der Waals surface area contributed by atoms with E-state index in [0.29, 0.717) is 0 Å². The first-order valence-corrected chi connectivity index (χ1v) is 9.19. The van der Waals surface area contributed by atoms with E-state index in [0.717, 1.165) is 64.8 Å². The van der Waals surface area contributed by atoms with Crippen LogP contribution in [0.15, 0.2) is 65.7 Å². The second-order valence-electron chi connectivity index (χ2n) is 6.88. The lowest BCUT2D eigenvalue weighted by Gasteiger charge is -2.17. The second kappa shape index (κ2) is 6.43. The summed E-state index contributed by atoms with van der Waals surface area (Å²) >= 11 is 0. The third-order valence-corrected chi connectivity index (χ3v) is 5.23. The van der Waals surface area contributed by atoms with Gasteiger partial charge in [-0.15, -0.1) is 0 Å². The van der Waals surface area contributed by atoms with Crippen molar-refractivity contribution in [2.45, 2.75) is 12.8 Å². The number of aromatic nitrogens is 2. The van der Waals surface area contributed by atoms with Crippen molar-refractivity contribution in [3.8, 4) is 22.3 Å². The first-order chi connectivity index (χ1) is 13.3. The molecule has 0 bridgehead atoms. The van der Waals surface area contributed by atoms with Gasteiger partial charge in [0.05, 0.1) is 12.5 Å². The summed E-state index contributed by atoms with van der Waals surface area (Å²) in [5.74, 6) is 0.104. The molecule has 5 heteroatoms. The van der Waals surface area contributed by atoms with Crippen LogP contribution in [0, 0.1) is 0 Å². The van der Waals surface area contributed by atoms with Gasteiger partial charge < -0.3 is 14.3 Å². The molecule has 1 N–H and O–H groups in total. The number of hydrogen-bond donors (Lipinski definition) is 1. The van der Waals surface area contributed by atoms with Crippen LogP contribution < -0.4 is 0 Å². The molecule has 0 radical (unpaired) electrons. The Morgan fingerprint density at radius 2 is 1.93 bits per heavy atom. The van der Waals surface area contributed by atoms with Crippen molar-refractivity contribution in [1.82, 2.24) is 14.9 Å². The molecule has 3 aromatic heterocycles. The number of furan rings is 1. The number of H-pyrrole nitrogens is 1. The van der Waals surface area contributed by atoms with E-state index in [1.54, 1.807) is 12.5 Å². The van der Waals surface area contributed by atoms with Crippen LogP contribution in [0.25, 0.3) is 33.3 Å². The summed E-state index contributed by atoms with van der Waals surface area (Å²) < 4.78 is 5.23. The summed E-state index contributed by atoms with van der Waals surface area (Å²) in [6.45, 7) is 1.68. The van der Waals surface area contributed by atoms with Crippen molar-refractivity contribution < 1.29 is 9.21 Å². The zero-order chi connectivity index (χ0) is 18.2. The van der Waals surface area contributed by atoms with Crippen molar-refractivity contribution in [1.29, 1.82) is 0 Å². The Labute approximate surface area is 156 Å². The third kappa shape index (κ3) is 2.72. The van der Waals surface area contributed by atoms with Gasteiger partial charge in [-0.2, -0.15) is 0 Å². The zero-order valence-electron chi connectivity index (χ0n) is 14.8. The van der Waals surface area contributed by atoms with Crippen molar-refractivity contribution in [2.24, 2.45) is 0 Å². The van der Waals surface area contributed by atoms with Gasteiger partial charge in [0.1, 0.15) is 5.65 Å². The largest absolute Gasteiger partial charge is 0.472 e. The van der Waals surface area contributed by atoms with E-state index >= 15 is 0 Å². The summed E-state index contributed by atoms with van der Waals surface area (Å²) in [5, 5.41) is 1.01. The highest BCUT2D eigenvalue weighted by molar-refractivity contribution is 6.02. The van der Waals surface area contributed by atoms with E-state index in [-0.39, 0.29) is 5.91 Å². The predicted molar refractivity (Wildman–Crippen MR) is 104 cm³/mol. The Morgan fingerprint density at radius 1 is 1.07 bits per heavy atom. The molecule has 1 aliphatic heterocycles. The van der Waals surface area contributed by atoms with Gasteiger partial charge in [-0.1, -0.05) is 18.2 Å². The number of amides is 1. The summed E-state index contributed by atoms with van der Waals surface area (Å²) in [6, 6.07) is 11.8. The molecular weight excluding hydrogens is 338 g/mol. The quantitative estimate of drug-likeness (QED) is 0.577. The Hall–Kier alpha value is -3.34. The minimum absolute atomic E-state index is 0.104. The third-order valence-electron chi connectivity index (χ3n) is 5.23. The topological polar surface area (TPSA) is 62.1 Å². The molecule has 1 saturated heterocycles. The number of rotatable bonds is 3. The SMILES string of the molecule is O=C(c1ccccc1-c1cnc2[nH]cc(-c3ccoc3)c2c1)N1CCCC1. The predicted octanol–water partition coefficient (Wildman–Crippen LogP) is 4.73. The lowest BCUT2D eigenvalue weighted by molar-refractivity contribution is 0.0793. The molecule has 4 heterocycles. The molecule has 1 aromatic carbocycles. The lowest BCUT2D eigenvalue weighted by Crippen LogP contribution is -2.28. The van der Waals surface area contributed by atoms with Gasteiger partial charge >= 0.3 is 0 Å². The van der Waals surface area contributed by atoms with Crippen molar-refractivity contribution in [3.05, 3.63) is 66.9 Å². The monoisotopic (exact) mass is 357 g/mol. The fraction of sp³-hybridized carbons (Fsp3) is 0.182. The van der Waals surface area contributed by atoms with E-state index in [1.807, 2.05) is 47.6 Å². The molecule has 4 aromatic rings. The van der Waals surface area contributed by atoms with Crippen LogP contribution in [0.3, 0.4) is 0 Å². The number of pyridine rings is 1. The van der Waals surface area contributed by atoms with E-state index in [4.69, 9.17) is 4.42 Å². The van der Waals surface area contributed by atoms with Gasteiger partial charge in [-0.3, -0.25) is 4.79 Å². The van der Waals surface area contributed by atoms with Gasteiger partial charge in [-0.25, -0.2) is 4.98 Å². The minimum atomic E-state index is 0.104. The van der Waals surface area contributed by atoms with Crippen LogP contribution in [0.5, 0.6) is 0 Å². The van der Waals surface area contributed by atoms with Crippen LogP contribution in [0.2, 0.25) is 0 Å². The highest BCUT2D eigenvalue weighted by Gasteiger charge is 2.22. The van der Waals surface area contributed by atoms with E-state index in [1.165, 1.54) is 0 Å². The molecular formula is C22H19N3O2. The molecule has 1 fully saturated rings. The van der Waals surface area contributed by atoms with Crippen LogP contribution in [-0.4, -0.2) is 33.9 Å². The second-order valence-corrected chi connectivity index (χ2v) is 6.88. The molecule has 5 nitrogen and oxygen atoms in total. The molecule has 5 rings (SSSR count). The Kier molecular flexibility index (Phi) is 3.78. The van der Waals surface area contributed by atoms with Crippen molar-refractivity contribution in [3.63, 3.8) is 0 Å². The first-order valence-electron chi connectivity index (χ1n) is 9.19. The summed E-state index contributed by atoms with van der Waals surface area (Å²) in [6.07, 6.45) is 9.31. The average Bonchev–Trinajstić information content (AvgIpc) is 3.48. The molecule has 0 aliphatic carbocycles. The molecule has 0 unspecified atom stereocenters. The van der Waals surface area contributed by atoms with Gasteiger partial charge in [0.25, 0.3) is 5.91 Å². The molecule has 1 aliphatic rings. The maximum atomic E-state index is 13.0. The highest BCUT2D eigenvalue weighted by Crippen LogP contribution is 2.32. The number of carbonyl (C=O) groups excluding carboxylic acids is 1. The number of benzene rings is 1. The molecule has 27 heavy (non-hydrogen) atoms. The van der Waals surface area contributed by atoms with Crippen LogP contribution >= 0.6 is 0 Å². The van der Waals surface area contributed by atoms with Crippen molar-refractivity contribution in [2.75, 3.05) is 13.1 Å². The number of nitrogens with zero attached hydrogens (tertiary/aromatic N) is 2. The Morgan fingerprint density at radius 3 is 2.74 bits per heavy atom. The average molecular weight is 357 g/mol. The summed E-state index contributed by atoms with van der Waals surface area (Å²) in [4.78, 5) is 22.7. The molecule has 0 atom stereocenters. The smallest absolute Gasteiger partial charge is 0.254 e. The number of hydrogen-bond acceptors (Lipinski definition) is 3. The number of fused-ring (bicyclic) bond motifs is 1. The van der Waals surface area contributed by atoms with Crippen LogP contribution in [0.1, 0.15) is 23.2 Å². The van der Waals surface area contributed by atoms with E-state index in [9.17, 15) is 4.79 Å².